The summed E-state index contributed by atoms with van der Waals surface area (Å²) in [5.41, 5.74) is 2.27. The molecule has 4 rings (SSSR count). The molecule has 2 heterocycles. The van der Waals surface area contributed by atoms with E-state index in [-0.39, 0.29) is 19.5 Å². The first-order valence-corrected chi connectivity index (χ1v) is 8.33. The summed E-state index contributed by atoms with van der Waals surface area (Å²) >= 11 is 13.2. The molecule has 0 aliphatic heterocycles. The molecule has 0 unspecified atom stereocenters. The van der Waals surface area contributed by atoms with Gasteiger partial charge in [-0.2, -0.15) is 0 Å². The van der Waals surface area contributed by atoms with Crippen molar-refractivity contribution in [3.63, 3.8) is 0 Å². The molecule has 2 aromatic heterocycles. The third-order valence-corrected chi connectivity index (χ3v) is 5.08. The third kappa shape index (κ3) is 4.14. The van der Waals surface area contributed by atoms with Crippen LogP contribution in [0.25, 0.3) is 20.4 Å². The standard InChI is InChI=1S/2C7H5NS2.Zn/c2*9-7-8-5-3-1-2-4-6(5)10-7;/h2*1-4H,(H,8,9);/q;;+2. The molecule has 4 aromatic rings. The van der Waals surface area contributed by atoms with E-state index in [9.17, 15) is 0 Å². The molecule has 0 saturated heterocycles. The summed E-state index contributed by atoms with van der Waals surface area (Å²) in [4.78, 5) is 6.18. The summed E-state index contributed by atoms with van der Waals surface area (Å²) in [7, 11) is 0. The molecule has 0 radical (unpaired) electrons. The number of para-hydroxylation sites is 2. The summed E-state index contributed by atoms with van der Waals surface area (Å²) in [6.07, 6.45) is 0. The topological polar surface area (TPSA) is 31.6 Å². The van der Waals surface area contributed by atoms with Crippen molar-refractivity contribution < 1.29 is 19.5 Å². The van der Waals surface area contributed by atoms with Gasteiger partial charge in [0.25, 0.3) is 0 Å². The van der Waals surface area contributed by atoms with Crippen molar-refractivity contribution in [2.75, 3.05) is 0 Å². The third-order valence-electron chi connectivity index (χ3n) is 2.65. The van der Waals surface area contributed by atoms with E-state index in [0.717, 1.165) is 18.9 Å². The van der Waals surface area contributed by atoms with Crippen LogP contribution in [0.3, 0.4) is 0 Å². The Morgan fingerprint density at radius 2 is 1.05 bits per heavy atom. The van der Waals surface area contributed by atoms with E-state index in [1.165, 1.54) is 9.40 Å². The zero-order valence-electron chi connectivity index (χ0n) is 11.0. The monoisotopic (exact) mass is 398 g/mol. The summed E-state index contributed by atoms with van der Waals surface area (Å²) in [6.45, 7) is 0. The van der Waals surface area contributed by atoms with Crippen LogP contribution in [-0.4, -0.2) is 9.97 Å². The molecule has 0 bridgehead atoms. The average Bonchev–Trinajstić information content (AvgIpc) is 2.99. The van der Waals surface area contributed by atoms with Crippen LogP contribution in [-0.2, 0) is 19.5 Å². The first kappa shape index (κ1) is 16.7. The maximum atomic E-state index is 4.98. The fourth-order valence-electron chi connectivity index (χ4n) is 1.79. The van der Waals surface area contributed by atoms with E-state index < -0.39 is 0 Å². The van der Waals surface area contributed by atoms with Crippen molar-refractivity contribution in [2.24, 2.45) is 0 Å². The summed E-state index contributed by atoms with van der Waals surface area (Å²) in [5.74, 6) is 0. The van der Waals surface area contributed by atoms with Crippen molar-refractivity contribution >= 4 is 67.5 Å². The number of hydrogen-bond acceptors (Lipinski definition) is 4. The molecule has 0 aliphatic carbocycles. The quantitative estimate of drug-likeness (QED) is 0.284. The fourth-order valence-corrected chi connectivity index (χ4v) is 4.02. The molecule has 2 N–H and O–H groups in total. The number of fused-ring (bicyclic) bond motifs is 2. The Morgan fingerprint density at radius 1 is 0.667 bits per heavy atom. The van der Waals surface area contributed by atoms with Crippen molar-refractivity contribution in [3.05, 3.63) is 56.4 Å². The number of aromatic amines is 2. The maximum absolute atomic E-state index is 4.98. The predicted molar refractivity (Wildman–Crippen MR) is 94.0 cm³/mol. The Morgan fingerprint density at radius 3 is 1.43 bits per heavy atom. The molecular weight excluding hydrogens is 390 g/mol. The number of thiazole rings is 2. The zero-order chi connectivity index (χ0) is 13.9. The van der Waals surface area contributed by atoms with E-state index in [4.69, 9.17) is 24.4 Å². The second kappa shape index (κ2) is 7.52. The summed E-state index contributed by atoms with van der Waals surface area (Å²) < 4.78 is 4.16. The van der Waals surface area contributed by atoms with E-state index in [1.807, 2.05) is 36.4 Å². The van der Waals surface area contributed by atoms with Crippen molar-refractivity contribution in [1.29, 1.82) is 0 Å². The van der Waals surface area contributed by atoms with Crippen LogP contribution in [0.5, 0.6) is 0 Å². The number of aromatic nitrogens is 2. The normalized spacial score (nSPS) is 9.90. The number of H-pyrrole nitrogens is 2. The minimum Gasteiger partial charge on any atom is -0.337 e. The van der Waals surface area contributed by atoms with E-state index in [0.29, 0.717) is 0 Å². The molecule has 100 valence electrons. The zero-order valence-corrected chi connectivity index (χ0v) is 17.2. The van der Waals surface area contributed by atoms with Crippen LogP contribution in [0, 0.1) is 7.91 Å². The number of nitrogens with one attached hydrogen (secondary N) is 2. The number of hydrogen-bond donors (Lipinski definition) is 2. The van der Waals surface area contributed by atoms with Gasteiger partial charge >= 0.3 is 19.5 Å². The van der Waals surface area contributed by atoms with Gasteiger partial charge in [0.1, 0.15) is 0 Å². The molecule has 0 spiro atoms. The minimum absolute atomic E-state index is 0. The van der Waals surface area contributed by atoms with E-state index in [2.05, 4.69) is 22.1 Å². The molecule has 0 amide bonds. The van der Waals surface area contributed by atoms with Gasteiger partial charge in [0, 0.05) is 0 Å². The van der Waals surface area contributed by atoms with E-state index in [1.54, 1.807) is 22.7 Å². The van der Waals surface area contributed by atoms with Gasteiger partial charge in [0.05, 0.1) is 20.4 Å². The van der Waals surface area contributed by atoms with Crippen LogP contribution < -0.4 is 0 Å². The maximum Gasteiger partial charge on any atom is 2.00 e. The van der Waals surface area contributed by atoms with Crippen molar-refractivity contribution in [3.8, 4) is 0 Å². The smallest absolute Gasteiger partial charge is 0.337 e. The van der Waals surface area contributed by atoms with Crippen LogP contribution in [0.4, 0.5) is 0 Å². The van der Waals surface area contributed by atoms with Crippen LogP contribution >= 0.6 is 47.1 Å². The number of rotatable bonds is 0. The Kier molecular flexibility index (Phi) is 5.96. The molecule has 0 saturated carbocycles. The van der Waals surface area contributed by atoms with Gasteiger partial charge in [0.15, 0.2) is 7.91 Å². The average molecular weight is 400 g/mol. The molecule has 0 aliphatic rings. The van der Waals surface area contributed by atoms with Crippen LogP contribution in [0.2, 0.25) is 0 Å². The van der Waals surface area contributed by atoms with E-state index >= 15 is 0 Å². The summed E-state index contributed by atoms with van der Waals surface area (Å²) in [6, 6.07) is 16.2. The Hall–Kier alpha value is -0.717. The molecule has 2 aromatic carbocycles. The molecule has 0 atom stereocenters. The SMILES string of the molecule is S=c1[nH]c2ccccc2s1.S=c1[nH]c2ccccc2s1.[Zn+2]. The molecular formula is C14H10N2S4Zn+2. The first-order chi connectivity index (χ1) is 9.72. The van der Waals surface area contributed by atoms with Gasteiger partial charge in [-0.15, -0.1) is 22.7 Å². The molecule has 2 nitrogen and oxygen atoms in total. The van der Waals surface area contributed by atoms with Crippen LogP contribution in [0.15, 0.2) is 48.5 Å². The molecule has 7 heteroatoms. The minimum atomic E-state index is 0. The van der Waals surface area contributed by atoms with Crippen LogP contribution in [0.1, 0.15) is 0 Å². The van der Waals surface area contributed by atoms with Gasteiger partial charge in [0.2, 0.25) is 0 Å². The van der Waals surface area contributed by atoms with Crippen molar-refractivity contribution in [2.45, 2.75) is 0 Å². The fraction of sp³-hybridized carbons (Fsp3) is 0. The van der Waals surface area contributed by atoms with Gasteiger partial charge in [-0.3, -0.25) is 0 Å². The van der Waals surface area contributed by atoms with Gasteiger partial charge < -0.3 is 9.97 Å². The van der Waals surface area contributed by atoms with Gasteiger partial charge in [-0.25, -0.2) is 0 Å². The largest absolute Gasteiger partial charge is 2.00 e. The summed E-state index contributed by atoms with van der Waals surface area (Å²) in [5, 5.41) is 0. The predicted octanol–water partition coefficient (Wildman–Crippen LogP) is 5.92. The number of benzene rings is 2. The first-order valence-electron chi connectivity index (χ1n) is 5.88. The van der Waals surface area contributed by atoms with Crippen molar-refractivity contribution in [1.82, 2.24) is 9.97 Å². The molecule has 0 fully saturated rings. The van der Waals surface area contributed by atoms with Gasteiger partial charge in [-0.1, -0.05) is 24.3 Å². The Balaban J connectivity index is 0.000000147. The Labute approximate surface area is 152 Å². The molecule has 21 heavy (non-hydrogen) atoms. The second-order valence-corrected chi connectivity index (χ2v) is 7.46. The Bertz CT molecular complexity index is 812. The second-order valence-electron chi connectivity index (χ2n) is 4.02. The van der Waals surface area contributed by atoms with Gasteiger partial charge in [-0.05, 0) is 48.7 Å².